The smallest absolute Gasteiger partial charge is 0.268 e. The second-order valence-corrected chi connectivity index (χ2v) is 6.78. The molecule has 6 heteroatoms. The quantitative estimate of drug-likeness (QED) is 0.873. The average Bonchev–Trinajstić information content (AvgIpc) is 3.10. The number of methoxy groups -OCH3 is 1. The Balaban J connectivity index is 1.77. The van der Waals surface area contributed by atoms with Gasteiger partial charge in [-0.3, -0.25) is 9.59 Å². The van der Waals surface area contributed by atoms with Crippen molar-refractivity contribution >= 4 is 22.7 Å². The summed E-state index contributed by atoms with van der Waals surface area (Å²) in [6.45, 7) is 7.64. The maximum absolute atomic E-state index is 12.7. The summed E-state index contributed by atoms with van der Waals surface area (Å²) in [5.74, 6) is -0.0960. The van der Waals surface area contributed by atoms with Crippen LogP contribution in [0.5, 0.6) is 0 Å². The van der Waals surface area contributed by atoms with Gasteiger partial charge in [0.15, 0.2) is 0 Å². The van der Waals surface area contributed by atoms with Gasteiger partial charge >= 0.3 is 0 Å². The van der Waals surface area contributed by atoms with Crippen LogP contribution in [0.15, 0.2) is 12.1 Å². The summed E-state index contributed by atoms with van der Waals surface area (Å²) in [6, 6.07) is 3.96. The monoisotopic (exact) mass is 343 g/mol. The lowest BCUT2D eigenvalue weighted by molar-refractivity contribution is -0.128. The molecule has 1 atom stereocenters. The SMILES string of the molecule is COCCN1C[C@@H](NC(=O)c2[nH]c3c(C)ccc(C)c3c2C)CC1=O. The third kappa shape index (κ3) is 3.26. The molecular formula is C19H25N3O3. The minimum Gasteiger partial charge on any atom is -0.383 e. The van der Waals surface area contributed by atoms with E-state index in [9.17, 15) is 9.59 Å². The van der Waals surface area contributed by atoms with Crippen molar-refractivity contribution in [2.24, 2.45) is 0 Å². The molecule has 25 heavy (non-hydrogen) atoms. The molecule has 2 amide bonds. The number of rotatable bonds is 5. The van der Waals surface area contributed by atoms with Crippen molar-refractivity contribution in [1.29, 1.82) is 0 Å². The van der Waals surface area contributed by atoms with Crippen molar-refractivity contribution in [3.05, 3.63) is 34.5 Å². The molecular weight excluding hydrogens is 318 g/mol. The molecule has 1 fully saturated rings. The number of aryl methyl sites for hydroxylation is 3. The third-order valence-corrected chi connectivity index (χ3v) is 4.96. The van der Waals surface area contributed by atoms with E-state index in [1.807, 2.05) is 20.8 Å². The number of fused-ring (bicyclic) bond motifs is 1. The summed E-state index contributed by atoms with van der Waals surface area (Å²) in [6.07, 6.45) is 0.340. The predicted octanol–water partition coefficient (Wildman–Crippen LogP) is 2.07. The van der Waals surface area contributed by atoms with Gasteiger partial charge in [-0.25, -0.2) is 0 Å². The zero-order chi connectivity index (χ0) is 18.1. The first-order valence-corrected chi connectivity index (χ1v) is 8.58. The van der Waals surface area contributed by atoms with E-state index >= 15 is 0 Å². The molecule has 0 spiro atoms. The fourth-order valence-electron chi connectivity index (χ4n) is 3.57. The van der Waals surface area contributed by atoms with E-state index in [1.165, 1.54) is 0 Å². The number of nitrogens with one attached hydrogen (secondary N) is 2. The summed E-state index contributed by atoms with van der Waals surface area (Å²) < 4.78 is 5.02. The highest BCUT2D eigenvalue weighted by Gasteiger charge is 2.31. The van der Waals surface area contributed by atoms with Gasteiger partial charge in [-0.15, -0.1) is 0 Å². The molecule has 3 rings (SSSR count). The maximum Gasteiger partial charge on any atom is 0.268 e. The molecule has 6 nitrogen and oxygen atoms in total. The number of hydrogen-bond acceptors (Lipinski definition) is 3. The Morgan fingerprint density at radius 3 is 2.72 bits per heavy atom. The molecule has 0 unspecified atom stereocenters. The Labute approximate surface area is 147 Å². The average molecular weight is 343 g/mol. The summed E-state index contributed by atoms with van der Waals surface area (Å²) >= 11 is 0. The Morgan fingerprint density at radius 1 is 1.32 bits per heavy atom. The van der Waals surface area contributed by atoms with E-state index in [1.54, 1.807) is 12.0 Å². The van der Waals surface area contributed by atoms with Crippen LogP contribution in [0.25, 0.3) is 10.9 Å². The van der Waals surface area contributed by atoms with E-state index in [-0.39, 0.29) is 17.9 Å². The normalized spacial score (nSPS) is 17.5. The van der Waals surface area contributed by atoms with Crippen molar-refractivity contribution in [2.45, 2.75) is 33.2 Å². The molecule has 1 aliphatic rings. The van der Waals surface area contributed by atoms with E-state index in [0.717, 1.165) is 27.6 Å². The molecule has 1 aliphatic heterocycles. The molecule has 0 saturated carbocycles. The maximum atomic E-state index is 12.7. The first kappa shape index (κ1) is 17.5. The van der Waals surface area contributed by atoms with Crippen molar-refractivity contribution in [2.75, 3.05) is 26.8 Å². The second kappa shape index (κ2) is 6.88. The molecule has 0 radical (unpaired) electrons. The van der Waals surface area contributed by atoms with Gasteiger partial charge in [-0.2, -0.15) is 0 Å². The summed E-state index contributed by atoms with van der Waals surface area (Å²) in [5.41, 5.74) is 4.80. The molecule has 2 N–H and O–H groups in total. The van der Waals surface area contributed by atoms with E-state index in [0.29, 0.717) is 31.8 Å². The van der Waals surface area contributed by atoms with Crippen molar-refractivity contribution in [3.63, 3.8) is 0 Å². The number of ether oxygens (including phenoxy) is 1. The topological polar surface area (TPSA) is 74.4 Å². The second-order valence-electron chi connectivity index (χ2n) is 6.78. The van der Waals surface area contributed by atoms with Gasteiger partial charge in [0.25, 0.3) is 5.91 Å². The van der Waals surface area contributed by atoms with E-state index in [2.05, 4.69) is 22.4 Å². The fourth-order valence-corrected chi connectivity index (χ4v) is 3.57. The van der Waals surface area contributed by atoms with Gasteiger partial charge in [-0.05, 0) is 37.5 Å². The number of H-pyrrole nitrogens is 1. The Hall–Kier alpha value is -2.34. The Kier molecular flexibility index (Phi) is 4.81. The Morgan fingerprint density at radius 2 is 2.04 bits per heavy atom. The summed E-state index contributed by atoms with van der Waals surface area (Å²) in [4.78, 5) is 29.8. The predicted molar refractivity (Wildman–Crippen MR) is 96.8 cm³/mol. The lowest BCUT2D eigenvalue weighted by Gasteiger charge is -2.16. The van der Waals surface area contributed by atoms with Gasteiger partial charge in [0.05, 0.1) is 12.6 Å². The van der Waals surface area contributed by atoms with Crippen molar-refractivity contribution < 1.29 is 14.3 Å². The number of carbonyl (C=O) groups is 2. The molecule has 2 heterocycles. The number of carbonyl (C=O) groups excluding carboxylic acids is 2. The molecule has 2 aromatic rings. The van der Waals surface area contributed by atoms with Crippen molar-refractivity contribution in [1.82, 2.24) is 15.2 Å². The fraction of sp³-hybridized carbons (Fsp3) is 0.474. The molecule has 1 aromatic heterocycles. The van der Waals surface area contributed by atoms with Crippen LogP contribution in [0.1, 0.15) is 33.6 Å². The molecule has 134 valence electrons. The van der Waals surface area contributed by atoms with Gasteiger partial charge in [0.2, 0.25) is 5.91 Å². The zero-order valence-corrected chi connectivity index (χ0v) is 15.2. The number of hydrogen-bond donors (Lipinski definition) is 2. The third-order valence-electron chi connectivity index (χ3n) is 4.96. The van der Waals surface area contributed by atoms with E-state index < -0.39 is 0 Å². The summed E-state index contributed by atoms with van der Waals surface area (Å²) in [7, 11) is 1.61. The van der Waals surface area contributed by atoms with Gasteiger partial charge in [-0.1, -0.05) is 12.1 Å². The lowest BCUT2D eigenvalue weighted by Crippen LogP contribution is -2.38. The Bertz CT molecular complexity index is 825. The molecule has 0 aliphatic carbocycles. The molecule has 1 aromatic carbocycles. The lowest BCUT2D eigenvalue weighted by atomic mass is 10.0. The number of likely N-dealkylation sites (tertiary alicyclic amines) is 1. The molecule has 0 bridgehead atoms. The van der Waals surface area contributed by atoms with Crippen molar-refractivity contribution in [3.8, 4) is 0 Å². The highest BCUT2D eigenvalue weighted by Crippen LogP contribution is 2.27. The zero-order valence-electron chi connectivity index (χ0n) is 15.2. The number of benzene rings is 1. The van der Waals surface area contributed by atoms with Crippen LogP contribution in [-0.2, 0) is 9.53 Å². The highest BCUT2D eigenvalue weighted by atomic mass is 16.5. The molecule has 1 saturated heterocycles. The minimum absolute atomic E-state index is 0.0578. The van der Waals surface area contributed by atoms with Crippen LogP contribution in [0.2, 0.25) is 0 Å². The first-order valence-electron chi connectivity index (χ1n) is 8.58. The van der Waals surface area contributed by atoms with Gasteiger partial charge in [0.1, 0.15) is 5.69 Å². The number of amides is 2. The highest BCUT2D eigenvalue weighted by molar-refractivity contribution is 6.03. The first-order chi connectivity index (χ1) is 11.9. The minimum atomic E-state index is -0.162. The standard InChI is InChI=1S/C19H25N3O3/c1-11-5-6-12(2)17-16(11)13(3)18(21-17)19(24)20-14-9-15(23)22(10-14)7-8-25-4/h5-6,14,21H,7-10H2,1-4H3,(H,20,24)/t14-/m0/s1. The van der Waals surface area contributed by atoms with Crippen LogP contribution in [-0.4, -0.2) is 54.5 Å². The number of nitrogens with zero attached hydrogens (tertiary/aromatic N) is 1. The van der Waals surface area contributed by atoms with Crippen LogP contribution in [0.4, 0.5) is 0 Å². The van der Waals surface area contributed by atoms with Crippen LogP contribution in [0.3, 0.4) is 0 Å². The van der Waals surface area contributed by atoms with E-state index in [4.69, 9.17) is 4.74 Å². The van der Waals surface area contributed by atoms with Crippen LogP contribution >= 0.6 is 0 Å². The van der Waals surface area contributed by atoms with Gasteiger partial charge < -0.3 is 19.9 Å². The summed E-state index contributed by atoms with van der Waals surface area (Å²) in [5, 5.41) is 4.11. The van der Waals surface area contributed by atoms with Gasteiger partial charge in [0, 0.05) is 37.5 Å². The van der Waals surface area contributed by atoms with Crippen LogP contribution < -0.4 is 5.32 Å². The largest absolute Gasteiger partial charge is 0.383 e. The van der Waals surface area contributed by atoms with Crippen LogP contribution in [0, 0.1) is 20.8 Å². The number of aromatic amines is 1. The number of aromatic nitrogens is 1.